The Morgan fingerprint density at radius 2 is 2.18 bits per heavy atom. The van der Waals surface area contributed by atoms with Crippen LogP contribution in [0.2, 0.25) is 0 Å². The van der Waals surface area contributed by atoms with Crippen molar-refractivity contribution < 1.29 is 17.9 Å². The topological polar surface area (TPSA) is 72.5 Å². The predicted octanol–water partition coefficient (Wildman–Crippen LogP) is 1.58. The van der Waals surface area contributed by atoms with Crippen molar-refractivity contribution in [2.45, 2.75) is 11.8 Å². The molecule has 1 atom stereocenters. The van der Waals surface area contributed by atoms with Crippen molar-refractivity contribution in [1.82, 2.24) is 0 Å². The molecule has 0 bridgehead atoms. The Hall–Kier alpha value is -1.27. The summed E-state index contributed by atoms with van der Waals surface area (Å²) in [5, 5.41) is 2.60. The van der Waals surface area contributed by atoms with Gasteiger partial charge in [0, 0.05) is 10.7 Å². The van der Waals surface area contributed by atoms with Crippen molar-refractivity contribution in [2.24, 2.45) is 5.92 Å². The molecule has 0 aromatic heterocycles. The maximum absolute atomic E-state index is 11.6. The number of ether oxygens (including phenoxy) is 1. The van der Waals surface area contributed by atoms with Gasteiger partial charge in [-0.05, 0) is 18.2 Å². The van der Waals surface area contributed by atoms with Crippen LogP contribution in [0.3, 0.4) is 0 Å². The van der Waals surface area contributed by atoms with Crippen molar-refractivity contribution >= 4 is 31.3 Å². The van der Waals surface area contributed by atoms with Gasteiger partial charge in [-0.25, -0.2) is 8.42 Å². The molecule has 0 saturated heterocycles. The van der Waals surface area contributed by atoms with Crippen LogP contribution in [0.25, 0.3) is 0 Å². The maximum Gasteiger partial charge on any atom is 0.261 e. The van der Waals surface area contributed by atoms with Gasteiger partial charge in [0.2, 0.25) is 5.91 Å². The first kappa shape index (κ1) is 12.2. The molecule has 1 unspecified atom stereocenters. The third-order valence-corrected chi connectivity index (χ3v) is 3.78. The molecular formula is C10H10ClNO4S. The van der Waals surface area contributed by atoms with Gasteiger partial charge in [0.1, 0.15) is 5.75 Å². The SMILES string of the molecule is CC1COc2ccc(S(=O)(=O)Cl)cc2NC1=O. The summed E-state index contributed by atoms with van der Waals surface area (Å²) in [7, 11) is 1.41. The van der Waals surface area contributed by atoms with Crippen molar-refractivity contribution in [2.75, 3.05) is 11.9 Å². The average Bonchev–Trinajstić information content (AvgIpc) is 2.37. The smallest absolute Gasteiger partial charge is 0.261 e. The molecule has 92 valence electrons. The minimum Gasteiger partial charge on any atom is -0.491 e. The van der Waals surface area contributed by atoms with Crippen molar-refractivity contribution in [3.63, 3.8) is 0 Å². The summed E-state index contributed by atoms with van der Waals surface area (Å²) in [6.07, 6.45) is 0. The third-order valence-electron chi connectivity index (χ3n) is 2.43. The van der Waals surface area contributed by atoms with E-state index in [9.17, 15) is 13.2 Å². The number of carbonyl (C=O) groups is 1. The minimum atomic E-state index is -3.81. The van der Waals surface area contributed by atoms with E-state index in [1.807, 2.05) is 0 Å². The van der Waals surface area contributed by atoms with E-state index in [0.717, 1.165) is 0 Å². The zero-order chi connectivity index (χ0) is 12.6. The Kier molecular flexibility index (Phi) is 3.01. The van der Waals surface area contributed by atoms with E-state index in [1.165, 1.54) is 18.2 Å². The summed E-state index contributed by atoms with van der Waals surface area (Å²) in [6, 6.07) is 4.10. The molecule has 0 spiro atoms. The van der Waals surface area contributed by atoms with Gasteiger partial charge < -0.3 is 10.1 Å². The number of halogens is 1. The fourth-order valence-electron chi connectivity index (χ4n) is 1.43. The maximum atomic E-state index is 11.6. The molecule has 2 rings (SSSR count). The second kappa shape index (κ2) is 4.19. The van der Waals surface area contributed by atoms with E-state index in [-0.39, 0.29) is 23.3 Å². The van der Waals surface area contributed by atoms with Gasteiger partial charge in [0.25, 0.3) is 9.05 Å². The van der Waals surface area contributed by atoms with Crippen molar-refractivity contribution in [3.05, 3.63) is 18.2 Å². The number of fused-ring (bicyclic) bond motifs is 1. The van der Waals surface area contributed by atoms with Gasteiger partial charge in [-0.15, -0.1) is 0 Å². The summed E-state index contributed by atoms with van der Waals surface area (Å²) >= 11 is 0. The molecule has 7 heteroatoms. The van der Waals surface area contributed by atoms with E-state index >= 15 is 0 Å². The van der Waals surface area contributed by atoms with Gasteiger partial charge in [-0.3, -0.25) is 4.79 Å². The predicted molar refractivity (Wildman–Crippen MR) is 62.8 cm³/mol. The van der Waals surface area contributed by atoms with Crippen LogP contribution in [0.4, 0.5) is 5.69 Å². The van der Waals surface area contributed by atoms with Crippen molar-refractivity contribution in [3.8, 4) is 5.75 Å². The lowest BCUT2D eigenvalue weighted by Crippen LogP contribution is -2.22. The lowest BCUT2D eigenvalue weighted by atomic mass is 10.2. The monoisotopic (exact) mass is 275 g/mol. The standard InChI is InChI=1S/C10H10ClNO4S/c1-6-5-16-9-3-2-7(17(11,14)15)4-8(9)12-10(6)13/h2-4,6H,5H2,1H3,(H,12,13). The molecule has 1 aliphatic heterocycles. The molecule has 1 aromatic rings. The number of carbonyl (C=O) groups excluding carboxylic acids is 1. The average molecular weight is 276 g/mol. The molecule has 0 saturated carbocycles. The molecule has 1 aliphatic rings. The summed E-state index contributed by atoms with van der Waals surface area (Å²) in [5.74, 6) is -0.0712. The Morgan fingerprint density at radius 1 is 1.47 bits per heavy atom. The highest BCUT2D eigenvalue weighted by molar-refractivity contribution is 8.13. The molecule has 1 amide bonds. The highest BCUT2D eigenvalue weighted by Crippen LogP contribution is 2.31. The number of anilines is 1. The zero-order valence-electron chi connectivity index (χ0n) is 8.94. The lowest BCUT2D eigenvalue weighted by molar-refractivity contribution is -0.119. The van der Waals surface area contributed by atoms with E-state index in [4.69, 9.17) is 15.4 Å². The van der Waals surface area contributed by atoms with Gasteiger partial charge in [-0.1, -0.05) is 6.92 Å². The van der Waals surface area contributed by atoms with E-state index < -0.39 is 9.05 Å². The molecule has 0 fully saturated rings. The molecule has 1 heterocycles. The van der Waals surface area contributed by atoms with E-state index in [2.05, 4.69) is 5.32 Å². The van der Waals surface area contributed by atoms with Gasteiger partial charge >= 0.3 is 0 Å². The first-order valence-electron chi connectivity index (χ1n) is 4.90. The van der Waals surface area contributed by atoms with Crippen LogP contribution < -0.4 is 10.1 Å². The summed E-state index contributed by atoms with van der Waals surface area (Å²) in [5.41, 5.74) is 0.320. The molecular weight excluding hydrogens is 266 g/mol. The fraction of sp³-hybridized carbons (Fsp3) is 0.300. The Labute approximate surface area is 103 Å². The Balaban J connectivity index is 2.46. The zero-order valence-corrected chi connectivity index (χ0v) is 10.5. The second-order valence-corrected chi connectivity index (χ2v) is 6.36. The van der Waals surface area contributed by atoms with Crippen LogP contribution >= 0.6 is 10.7 Å². The van der Waals surface area contributed by atoms with E-state index in [1.54, 1.807) is 6.92 Å². The quantitative estimate of drug-likeness (QED) is 0.790. The molecule has 1 aromatic carbocycles. The number of hydrogen-bond donors (Lipinski definition) is 1. The molecule has 0 radical (unpaired) electrons. The third kappa shape index (κ3) is 2.53. The van der Waals surface area contributed by atoms with Crippen LogP contribution in [-0.2, 0) is 13.8 Å². The normalized spacial score (nSPS) is 19.9. The lowest BCUT2D eigenvalue weighted by Gasteiger charge is -2.07. The van der Waals surface area contributed by atoms with Crippen LogP contribution in [0, 0.1) is 5.92 Å². The first-order chi connectivity index (χ1) is 7.88. The highest BCUT2D eigenvalue weighted by atomic mass is 35.7. The second-order valence-electron chi connectivity index (χ2n) is 3.80. The largest absolute Gasteiger partial charge is 0.491 e. The van der Waals surface area contributed by atoms with Crippen molar-refractivity contribution in [1.29, 1.82) is 0 Å². The number of benzene rings is 1. The highest BCUT2D eigenvalue weighted by Gasteiger charge is 2.22. The number of amides is 1. The van der Waals surface area contributed by atoms with Crippen LogP contribution in [-0.4, -0.2) is 20.9 Å². The Morgan fingerprint density at radius 3 is 2.82 bits per heavy atom. The Bertz CT molecular complexity index is 570. The van der Waals surface area contributed by atoms with Gasteiger partial charge in [0.05, 0.1) is 23.1 Å². The molecule has 17 heavy (non-hydrogen) atoms. The van der Waals surface area contributed by atoms with Gasteiger partial charge in [-0.2, -0.15) is 0 Å². The van der Waals surface area contributed by atoms with Crippen LogP contribution in [0.1, 0.15) is 6.92 Å². The molecule has 5 nitrogen and oxygen atoms in total. The number of hydrogen-bond acceptors (Lipinski definition) is 4. The van der Waals surface area contributed by atoms with Crippen LogP contribution in [0.15, 0.2) is 23.1 Å². The summed E-state index contributed by atoms with van der Waals surface area (Å²) in [6.45, 7) is 1.98. The summed E-state index contributed by atoms with van der Waals surface area (Å²) < 4.78 is 27.7. The molecule has 1 N–H and O–H groups in total. The van der Waals surface area contributed by atoms with Gasteiger partial charge in [0.15, 0.2) is 0 Å². The fourth-order valence-corrected chi connectivity index (χ4v) is 2.21. The number of rotatable bonds is 1. The first-order valence-corrected chi connectivity index (χ1v) is 7.21. The number of nitrogens with one attached hydrogen (secondary N) is 1. The molecule has 0 aliphatic carbocycles. The minimum absolute atomic E-state index is 0.0728. The van der Waals surface area contributed by atoms with E-state index in [0.29, 0.717) is 11.4 Å². The summed E-state index contributed by atoms with van der Waals surface area (Å²) in [4.78, 5) is 11.5. The van der Waals surface area contributed by atoms with Crippen LogP contribution in [0.5, 0.6) is 5.75 Å².